The van der Waals surface area contributed by atoms with E-state index in [1.165, 1.54) is 19.3 Å². The van der Waals surface area contributed by atoms with Crippen molar-refractivity contribution in [2.75, 3.05) is 6.61 Å². The summed E-state index contributed by atoms with van der Waals surface area (Å²) < 4.78 is 5.27. The van der Waals surface area contributed by atoms with Crippen LogP contribution < -0.4 is 0 Å². The molecule has 0 aliphatic carbocycles. The van der Waals surface area contributed by atoms with E-state index in [2.05, 4.69) is 13.0 Å². The van der Waals surface area contributed by atoms with Crippen molar-refractivity contribution < 1.29 is 19.7 Å². The van der Waals surface area contributed by atoms with Crippen molar-refractivity contribution >= 4 is 12.0 Å². The number of allylic oxidation sites excluding steroid dienone is 1. The van der Waals surface area contributed by atoms with Gasteiger partial charge in [0.05, 0.1) is 25.2 Å². The molecular formula is C23H32O4. The van der Waals surface area contributed by atoms with E-state index >= 15 is 0 Å². The molecule has 4 nitrogen and oxygen atoms in total. The third kappa shape index (κ3) is 9.03. The van der Waals surface area contributed by atoms with E-state index in [0.29, 0.717) is 6.42 Å². The summed E-state index contributed by atoms with van der Waals surface area (Å²) >= 11 is 0. The van der Waals surface area contributed by atoms with E-state index in [1.807, 2.05) is 36.4 Å². The third-order valence-electron chi connectivity index (χ3n) is 4.78. The van der Waals surface area contributed by atoms with Crippen LogP contribution in [-0.4, -0.2) is 35.0 Å². The van der Waals surface area contributed by atoms with Crippen LogP contribution in [0, 0.1) is 0 Å². The topological polar surface area (TPSA) is 70.1 Å². The Bertz CT molecular complexity index is 631. The van der Waals surface area contributed by atoms with E-state index < -0.39 is 12.1 Å². The minimum atomic E-state index is -0.789. The molecule has 0 saturated carbocycles. The zero-order valence-corrected chi connectivity index (χ0v) is 16.2. The van der Waals surface area contributed by atoms with Crippen LogP contribution in [0.1, 0.15) is 68.9 Å². The number of aliphatic hydroxyl groups excluding tert-OH is 1. The van der Waals surface area contributed by atoms with Crippen LogP contribution in [0.25, 0.3) is 6.08 Å². The summed E-state index contributed by atoms with van der Waals surface area (Å²) in [5.74, 6) is -0.831. The van der Waals surface area contributed by atoms with E-state index in [1.54, 1.807) is 6.08 Å². The second kappa shape index (κ2) is 11.7. The molecule has 1 heterocycles. The van der Waals surface area contributed by atoms with Gasteiger partial charge in [-0.25, -0.2) is 0 Å². The van der Waals surface area contributed by atoms with Gasteiger partial charge < -0.3 is 14.9 Å². The molecule has 148 valence electrons. The van der Waals surface area contributed by atoms with E-state index in [4.69, 9.17) is 4.74 Å². The van der Waals surface area contributed by atoms with Crippen LogP contribution in [-0.2, 0) is 9.53 Å². The average Bonchev–Trinajstić information content (AvgIpc) is 3.46. The molecule has 0 radical (unpaired) electrons. The highest BCUT2D eigenvalue weighted by Crippen LogP contribution is 2.31. The van der Waals surface area contributed by atoms with Gasteiger partial charge in [0.15, 0.2) is 0 Å². The molecule has 1 aromatic carbocycles. The van der Waals surface area contributed by atoms with Crippen molar-refractivity contribution in [2.45, 2.75) is 70.0 Å². The lowest BCUT2D eigenvalue weighted by Crippen LogP contribution is -2.09. The number of carboxylic acid groups (broad SMARTS) is 1. The van der Waals surface area contributed by atoms with E-state index in [-0.39, 0.29) is 18.4 Å². The Morgan fingerprint density at radius 3 is 2.85 bits per heavy atom. The molecule has 3 atom stereocenters. The van der Waals surface area contributed by atoms with Gasteiger partial charge >= 0.3 is 5.97 Å². The van der Waals surface area contributed by atoms with Gasteiger partial charge in [0.2, 0.25) is 0 Å². The predicted octanol–water partition coefficient (Wildman–Crippen LogP) is 4.93. The largest absolute Gasteiger partial charge is 0.481 e. The molecule has 0 aromatic heterocycles. The quantitative estimate of drug-likeness (QED) is 0.292. The molecule has 3 unspecified atom stereocenters. The molecule has 1 fully saturated rings. The van der Waals surface area contributed by atoms with E-state index in [0.717, 1.165) is 30.6 Å². The normalized spacial score (nSPS) is 18.8. The number of unbranched alkanes of at least 4 members (excludes halogenated alkanes) is 3. The van der Waals surface area contributed by atoms with Crippen LogP contribution >= 0.6 is 0 Å². The van der Waals surface area contributed by atoms with Gasteiger partial charge in [0.1, 0.15) is 0 Å². The molecular weight excluding hydrogens is 340 g/mol. The standard InChI is InChI=1S/C23H32O4/c1-2-3-4-5-6-7-11-21(24)13-12-18-9-8-10-19(14-18)20(16-23(25)26)15-22-17-27-22/h6-10,12-14,20-22,24H,2-5,11,15-17H2,1H3,(H,25,26). The summed E-state index contributed by atoms with van der Waals surface area (Å²) in [5, 5.41) is 19.3. The van der Waals surface area contributed by atoms with Crippen molar-refractivity contribution in [2.24, 2.45) is 0 Å². The summed E-state index contributed by atoms with van der Waals surface area (Å²) in [6, 6.07) is 7.90. The summed E-state index contributed by atoms with van der Waals surface area (Å²) in [6.07, 6.45) is 13.8. The number of hydrogen-bond donors (Lipinski definition) is 2. The Kier molecular flexibility index (Phi) is 9.29. The number of aliphatic hydroxyl groups is 1. The van der Waals surface area contributed by atoms with Crippen molar-refractivity contribution in [3.63, 3.8) is 0 Å². The Morgan fingerprint density at radius 2 is 2.15 bits per heavy atom. The zero-order chi connectivity index (χ0) is 19.5. The van der Waals surface area contributed by atoms with Crippen molar-refractivity contribution in [3.05, 3.63) is 53.6 Å². The molecule has 1 aliphatic heterocycles. The maximum absolute atomic E-state index is 11.2. The smallest absolute Gasteiger partial charge is 0.303 e. The number of carboxylic acids is 1. The molecule has 0 amide bonds. The summed E-state index contributed by atoms with van der Waals surface area (Å²) in [6.45, 7) is 2.92. The first-order valence-corrected chi connectivity index (χ1v) is 10.0. The number of carbonyl (C=O) groups is 1. The fourth-order valence-electron chi connectivity index (χ4n) is 3.15. The first kappa shape index (κ1) is 21.4. The molecule has 2 rings (SSSR count). The molecule has 1 aromatic rings. The van der Waals surface area contributed by atoms with Crippen molar-refractivity contribution in [1.29, 1.82) is 0 Å². The van der Waals surface area contributed by atoms with Gasteiger partial charge in [-0.15, -0.1) is 0 Å². The van der Waals surface area contributed by atoms with Crippen LogP contribution in [0.4, 0.5) is 0 Å². The fraction of sp³-hybridized carbons (Fsp3) is 0.522. The maximum Gasteiger partial charge on any atom is 0.303 e. The van der Waals surface area contributed by atoms with Gasteiger partial charge in [-0.05, 0) is 42.7 Å². The number of aliphatic carboxylic acids is 1. The van der Waals surface area contributed by atoms with Crippen LogP contribution in [0.5, 0.6) is 0 Å². The second-order valence-electron chi connectivity index (χ2n) is 7.29. The summed E-state index contributed by atoms with van der Waals surface area (Å²) in [4.78, 5) is 11.2. The van der Waals surface area contributed by atoms with Crippen LogP contribution in [0.15, 0.2) is 42.5 Å². The number of hydrogen-bond acceptors (Lipinski definition) is 3. The first-order chi connectivity index (χ1) is 13.1. The van der Waals surface area contributed by atoms with Gasteiger partial charge in [0.25, 0.3) is 0 Å². The Hall–Kier alpha value is -1.91. The lowest BCUT2D eigenvalue weighted by molar-refractivity contribution is -0.137. The first-order valence-electron chi connectivity index (χ1n) is 10.0. The van der Waals surface area contributed by atoms with E-state index in [9.17, 15) is 15.0 Å². The van der Waals surface area contributed by atoms with Gasteiger partial charge in [-0.3, -0.25) is 4.79 Å². The molecule has 0 spiro atoms. The summed E-state index contributed by atoms with van der Waals surface area (Å²) in [5.41, 5.74) is 1.99. The predicted molar refractivity (Wildman–Crippen MR) is 109 cm³/mol. The maximum atomic E-state index is 11.2. The lowest BCUT2D eigenvalue weighted by atomic mass is 9.90. The SMILES string of the molecule is CCCCCC=CCC(O)C=Cc1cccc(C(CC(=O)O)CC2CO2)c1. The van der Waals surface area contributed by atoms with Gasteiger partial charge in [-0.2, -0.15) is 0 Å². The van der Waals surface area contributed by atoms with Crippen molar-refractivity contribution in [3.8, 4) is 0 Å². The zero-order valence-electron chi connectivity index (χ0n) is 16.2. The minimum Gasteiger partial charge on any atom is -0.481 e. The molecule has 0 bridgehead atoms. The number of benzene rings is 1. The second-order valence-corrected chi connectivity index (χ2v) is 7.29. The van der Waals surface area contributed by atoms with Crippen LogP contribution in [0.3, 0.4) is 0 Å². The number of ether oxygens (including phenoxy) is 1. The lowest BCUT2D eigenvalue weighted by Gasteiger charge is -2.14. The molecule has 27 heavy (non-hydrogen) atoms. The highest BCUT2D eigenvalue weighted by molar-refractivity contribution is 5.68. The third-order valence-corrected chi connectivity index (χ3v) is 4.78. The van der Waals surface area contributed by atoms with Gasteiger partial charge in [-0.1, -0.05) is 68.3 Å². The molecule has 1 saturated heterocycles. The highest BCUT2D eigenvalue weighted by atomic mass is 16.6. The Balaban J connectivity index is 1.89. The number of epoxide rings is 1. The Morgan fingerprint density at radius 1 is 1.33 bits per heavy atom. The Labute approximate surface area is 162 Å². The van der Waals surface area contributed by atoms with Crippen LogP contribution in [0.2, 0.25) is 0 Å². The minimum absolute atomic E-state index is 0.0423. The number of rotatable bonds is 13. The molecule has 2 N–H and O–H groups in total. The van der Waals surface area contributed by atoms with Crippen molar-refractivity contribution in [1.82, 2.24) is 0 Å². The average molecular weight is 373 g/mol. The molecule has 1 aliphatic rings. The monoisotopic (exact) mass is 372 g/mol. The summed E-state index contributed by atoms with van der Waals surface area (Å²) in [7, 11) is 0. The highest BCUT2D eigenvalue weighted by Gasteiger charge is 2.28. The van der Waals surface area contributed by atoms with Gasteiger partial charge in [0, 0.05) is 0 Å². The fourth-order valence-corrected chi connectivity index (χ4v) is 3.15. The molecule has 4 heteroatoms.